The van der Waals surface area contributed by atoms with Crippen molar-refractivity contribution in [3.8, 4) is 5.75 Å². The topological polar surface area (TPSA) is 51.2 Å². The van der Waals surface area contributed by atoms with Crippen LogP contribution in [0.3, 0.4) is 0 Å². The Morgan fingerprint density at radius 2 is 2.14 bits per heavy atom. The van der Waals surface area contributed by atoms with Crippen LogP contribution in [0.25, 0.3) is 0 Å². The lowest BCUT2D eigenvalue weighted by Crippen LogP contribution is -2.23. The second-order valence-electron chi connectivity index (χ2n) is 5.42. The van der Waals surface area contributed by atoms with Gasteiger partial charge in [0.1, 0.15) is 5.75 Å². The summed E-state index contributed by atoms with van der Waals surface area (Å²) in [6.07, 6.45) is 1.12. The number of thiazole rings is 1. The van der Waals surface area contributed by atoms with Crippen molar-refractivity contribution in [1.82, 2.24) is 10.3 Å². The molecule has 0 aliphatic carbocycles. The molecule has 0 saturated heterocycles. The lowest BCUT2D eigenvalue weighted by Gasteiger charge is -2.08. The largest absolute Gasteiger partial charge is 0.496 e. The molecule has 118 valence electrons. The average Bonchev–Trinajstić information content (AvgIpc) is 3.00. The molecule has 4 nitrogen and oxygen atoms in total. The van der Waals surface area contributed by atoms with Crippen LogP contribution in [-0.2, 0) is 17.8 Å². The molecule has 5 heteroatoms. The van der Waals surface area contributed by atoms with Gasteiger partial charge < -0.3 is 10.1 Å². The zero-order valence-corrected chi connectivity index (χ0v) is 14.1. The standard InChI is InChI=1S/C17H22N2O2S/c1-12(2)17-19-14(11-22-17)10-18-16(20)9-8-13-6-4-5-7-15(13)21-3/h4-7,11-12H,8-10H2,1-3H3,(H,18,20). The quantitative estimate of drug-likeness (QED) is 0.850. The highest BCUT2D eigenvalue weighted by Crippen LogP contribution is 2.20. The Bertz CT molecular complexity index is 623. The average molecular weight is 318 g/mol. The van der Waals surface area contributed by atoms with Crippen LogP contribution in [0.1, 0.15) is 42.5 Å². The number of carbonyl (C=O) groups excluding carboxylic acids is 1. The van der Waals surface area contributed by atoms with Gasteiger partial charge in [-0.3, -0.25) is 4.79 Å². The minimum Gasteiger partial charge on any atom is -0.496 e. The molecule has 2 rings (SSSR count). The number of aromatic nitrogens is 1. The van der Waals surface area contributed by atoms with Crippen LogP contribution < -0.4 is 10.1 Å². The van der Waals surface area contributed by atoms with Gasteiger partial charge in [0.25, 0.3) is 0 Å². The van der Waals surface area contributed by atoms with Crippen LogP contribution >= 0.6 is 11.3 Å². The number of hydrogen-bond donors (Lipinski definition) is 1. The van der Waals surface area contributed by atoms with Gasteiger partial charge in [0, 0.05) is 17.7 Å². The molecule has 1 N–H and O–H groups in total. The monoisotopic (exact) mass is 318 g/mol. The second-order valence-corrected chi connectivity index (χ2v) is 6.31. The number of aryl methyl sites for hydroxylation is 1. The van der Waals surface area contributed by atoms with Crippen LogP contribution in [0, 0.1) is 0 Å². The summed E-state index contributed by atoms with van der Waals surface area (Å²) in [6, 6.07) is 7.78. The van der Waals surface area contributed by atoms with Crippen molar-refractivity contribution >= 4 is 17.2 Å². The molecule has 1 amide bonds. The van der Waals surface area contributed by atoms with E-state index in [4.69, 9.17) is 4.74 Å². The number of rotatable bonds is 7. The Hall–Kier alpha value is -1.88. The third-order valence-corrected chi connectivity index (χ3v) is 4.54. The summed E-state index contributed by atoms with van der Waals surface area (Å²) in [5.41, 5.74) is 1.98. The maximum absolute atomic E-state index is 12.0. The Morgan fingerprint density at radius 3 is 2.82 bits per heavy atom. The summed E-state index contributed by atoms with van der Waals surface area (Å²) in [5, 5.41) is 6.04. The molecule has 22 heavy (non-hydrogen) atoms. The molecule has 0 unspecified atom stereocenters. The molecular weight excluding hydrogens is 296 g/mol. The first-order valence-corrected chi connectivity index (χ1v) is 8.31. The number of para-hydroxylation sites is 1. The molecular formula is C17H22N2O2S. The van der Waals surface area contributed by atoms with Gasteiger partial charge in [-0.25, -0.2) is 4.98 Å². The predicted octanol–water partition coefficient (Wildman–Crippen LogP) is 3.52. The molecule has 2 aromatic rings. The van der Waals surface area contributed by atoms with Crippen LogP contribution in [0.15, 0.2) is 29.6 Å². The maximum atomic E-state index is 12.0. The van der Waals surface area contributed by atoms with E-state index in [1.165, 1.54) is 0 Å². The van der Waals surface area contributed by atoms with Gasteiger partial charge in [-0.05, 0) is 18.1 Å². The van der Waals surface area contributed by atoms with E-state index in [-0.39, 0.29) is 5.91 Å². The van der Waals surface area contributed by atoms with E-state index in [0.717, 1.165) is 22.0 Å². The molecule has 1 aromatic carbocycles. The Morgan fingerprint density at radius 1 is 1.36 bits per heavy atom. The lowest BCUT2D eigenvalue weighted by atomic mass is 10.1. The number of nitrogens with zero attached hydrogens (tertiary/aromatic N) is 1. The van der Waals surface area contributed by atoms with Gasteiger partial charge in [-0.1, -0.05) is 32.0 Å². The van der Waals surface area contributed by atoms with Crippen molar-refractivity contribution in [2.24, 2.45) is 0 Å². The molecule has 0 spiro atoms. The van der Waals surface area contributed by atoms with E-state index in [0.29, 0.717) is 25.3 Å². The summed E-state index contributed by atoms with van der Waals surface area (Å²) in [4.78, 5) is 16.5. The van der Waals surface area contributed by atoms with Crippen molar-refractivity contribution in [3.05, 3.63) is 45.9 Å². The van der Waals surface area contributed by atoms with E-state index < -0.39 is 0 Å². The molecule has 0 fully saturated rings. The summed E-state index contributed by atoms with van der Waals surface area (Å²) in [5.74, 6) is 1.29. The van der Waals surface area contributed by atoms with Crippen molar-refractivity contribution in [3.63, 3.8) is 0 Å². The van der Waals surface area contributed by atoms with Gasteiger partial charge in [-0.2, -0.15) is 0 Å². The predicted molar refractivity (Wildman–Crippen MR) is 89.4 cm³/mol. The van der Waals surface area contributed by atoms with Gasteiger partial charge in [0.05, 0.1) is 24.4 Å². The smallest absolute Gasteiger partial charge is 0.220 e. The van der Waals surface area contributed by atoms with Gasteiger partial charge in [-0.15, -0.1) is 11.3 Å². The molecule has 0 aliphatic heterocycles. The molecule has 1 aromatic heterocycles. The molecule has 0 saturated carbocycles. The number of methoxy groups -OCH3 is 1. The van der Waals surface area contributed by atoms with Gasteiger partial charge in [0.2, 0.25) is 5.91 Å². The van der Waals surface area contributed by atoms with Crippen LogP contribution in [-0.4, -0.2) is 18.0 Å². The lowest BCUT2D eigenvalue weighted by molar-refractivity contribution is -0.121. The van der Waals surface area contributed by atoms with E-state index in [1.54, 1.807) is 18.4 Å². The number of ether oxygens (including phenoxy) is 1. The molecule has 0 bridgehead atoms. The molecule has 0 atom stereocenters. The SMILES string of the molecule is COc1ccccc1CCC(=O)NCc1csc(C(C)C)n1. The molecule has 0 aliphatic rings. The molecule has 0 radical (unpaired) electrons. The van der Waals surface area contributed by atoms with E-state index in [2.05, 4.69) is 24.1 Å². The zero-order chi connectivity index (χ0) is 15.9. The van der Waals surface area contributed by atoms with Crippen LogP contribution in [0.4, 0.5) is 0 Å². The third kappa shape index (κ3) is 4.56. The summed E-state index contributed by atoms with van der Waals surface area (Å²) < 4.78 is 5.29. The normalized spacial score (nSPS) is 10.7. The minimum absolute atomic E-state index is 0.0324. The van der Waals surface area contributed by atoms with Gasteiger partial charge in [0.15, 0.2) is 0 Å². The highest BCUT2D eigenvalue weighted by atomic mass is 32.1. The van der Waals surface area contributed by atoms with Gasteiger partial charge >= 0.3 is 0 Å². The summed E-state index contributed by atoms with van der Waals surface area (Å²) in [7, 11) is 1.65. The minimum atomic E-state index is 0.0324. The molecule has 1 heterocycles. The van der Waals surface area contributed by atoms with Crippen molar-refractivity contribution in [2.75, 3.05) is 7.11 Å². The Labute approximate surface area is 135 Å². The fraction of sp³-hybridized carbons (Fsp3) is 0.412. The summed E-state index contributed by atoms with van der Waals surface area (Å²) in [6.45, 7) is 4.73. The number of benzene rings is 1. The third-order valence-electron chi connectivity index (χ3n) is 3.34. The highest BCUT2D eigenvalue weighted by molar-refractivity contribution is 7.09. The van der Waals surface area contributed by atoms with E-state index in [1.807, 2.05) is 29.6 Å². The fourth-order valence-corrected chi connectivity index (χ4v) is 2.94. The van der Waals surface area contributed by atoms with E-state index >= 15 is 0 Å². The summed E-state index contributed by atoms with van der Waals surface area (Å²) >= 11 is 1.65. The second kappa shape index (κ2) is 7.94. The van der Waals surface area contributed by atoms with Crippen LogP contribution in [0.5, 0.6) is 5.75 Å². The van der Waals surface area contributed by atoms with Crippen LogP contribution in [0.2, 0.25) is 0 Å². The Kier molecular flexibility index (Phi) is 5.95. The van der Waals surface area contributed by atoms with Crippen molar-refractivity contribution < 1.29 is 9.53 Å². The zero-order valence-electron chi connectivity index (χ0n) is 13.3. The maximum Gasteiger partial charge on any atom is 0.220 e. The van der Waals surface area contributed by atoms with Crippen molar-refractivity contribution in [2.45, 2.75) is 39.2 Å². The first-order chi connectivity index (χ1) is 10.6. The first kappa shape index (κ1) is 16.5. The number of carbonyl (C=O) groups is 1. The fourth-order valence-electron chi connectivity index (χ4n) is 2.10. The number of hydrogen-bond acceptors (Lipinski definition) is 4. The van der Waals surface area contributed by atoms with E-state index in [9.17, 15) is 4.79 Å². The van der Waals surface area contributed by atoms with Crippen molar-refractivity contribution in [1.29, 1.82) is 0 Å². The first-order valence-electron chi connectivity index (χ1n) is 7.43. The number of amides is 1. The highest BCUT2D eigenvalue weighted by Gasteiger charge is 2.08. The number of nitrogens with one attached hydrogen (secondary N) is 1. The Balaban J connectivity index is 1.80.